The molecule has 0 saturated heterocycles. The largest absolute Gasteiger partial charge is 0.444 e. The second-order valence-electron chi connectivity index (χ2n) is 4.99. The summed E-state index contributed by atoms with van der Waals surface area (Å²) < 4.78 is 5.34. The van der Waals surface area contributed by atoms with Gasteiger partial charge in [0.05, 0.1) is 22.9 Å². The van der Waals surface area contributed by atoms with Crippen LogP contribution in [0, 0.1) is 13.8 Å². The maximum atomic E-state index is 5.34. The lowest BCUT2D eigenvalue weighted by molar-refractivity contribution is 0.572. The van der Waals surface area contributed by atoms with E-state index in [0.717, 1.165) is 27.7 Å². The van der Waals surface area contributed by atoms with Crippen molar-refractivity contribution in [1.82, 2.24) is 9.97 Å². The average Bonchev–Trinajstić information content (AvgIpc) is 3.08. The van der Waals surface area contributed by atoms with E-state index in [0.29, 0.717) is 0 Å². The Morgan fingerprint density at radius 3 is 2.81 bits per heavy atom. The van der Waals surface area contributed by atoms with E-state index in [1.807, 2.05) is 25.1 Å². The summed E-state index contributed by atoms with van der Waals surface area (Å²) in [6.45, 7) is 6.28. The SMILES string of the molecule is Cc1nc(C(C)Nc2cccc(-c3cnco3)c2)c(C)s1. The maximum absolute atomic E-state index is 5.34. The standard InChI is InChI=1S/C16H17N3OS/c1-10(16-11(2)21-12(3)19-16)18-14-6-4-5-13(7-14)15-8-17-9-20-15/h4-10,18H,1-3H3. The van der Waals surface area contributed by atoms with Gasteiger partial charge in [-0.3, -0.25) is 0 Å². The summed E-state index contributed by atoms with van der Waals surface area (Å²) in [4.78, 5) is 9.82. The van der Waals surface area contributed by atoms with Gasteiger partial charge in [-0.15, -0.1) is 11.3 Å². The molecular weight excluding hydrogens is 282 g/mol. The van der Waals surface area contributed by atoms with Gasteiger partial charge in [0, 0.05) is 16.1 Å². The Morgan fingerprint density at radius 2 is 2.14 bits per heavy atom. The van der Waals surface area contributed by atoms with Gasteiger partial charge in [-0.2, -0.15) is 0 Å². The van der Waals surface area contributed by atoms with Crippen LogP contribution in [0.2, 0.25) is 0 Å². The zero-order valence-electron chi connectivity index (χ0n) is 12.3. The van der Waals surface area contributed by atoms with Gasteiger partial charge in [0.15, 0.2) is 12.2 Å². The first-order valence-corrected chi connectivity index (χ1v) is 7.64. The molecule has 2 heterocycles. The summed E-state index contributed by atoms with van der Waals surface area (Å²) in [5, 5.41) is 4.60. The molecule has 0 amide bonds. The molecule has 1 atom stereocenters. The molecule has 1 N–H and O–H groups in total. The number of aromatic nitrogens is 2. The van der Waals surface area contributed by atoms with Crippen LogP contribution < -0.4 is 5.32 Å². The lowest BCUT2D eigenvalue weighted by Crippen LogP contribution is -2.08. The van der Waals surface area contributed by atoms with Crippen molar-refractivity contribution < 1.29 is 4.42 Å². The van der Waals surface area contributed by atoms with Crippen LogP contribution in [0.5, 0.6) is 0 Å². The lowest BCUT2D eigenvalue weighted by Gasteiger charge is -2.14. The Labute approximate surface area is 127 Å². The third-order valence-corrected chi connectivity index (χ3v) is 4.21. The van der Waals surface area contributed by atoms with Crippen molar-refractivity contribution in [3.8, 4) is 11.3 Å². The fourth-order valence-electron chi connectivity index (χ4n) is 2.39. The van der Waals surface area contributed by atoms with Gasteiger partial charge in [0.25, 0.3) is 0 Å². The Morgan fingerprint density at radius 1 is 1.29 bits per heavy atom. The molecule has 21 heavy (non-hydrogen) atoms. The Hall–Kier alpha value is -2.14. The third kappa shape index (κ3) is 2.97. The van der Waals surface area contributed by atoms with Crippen molar-refractivity contribution in [1.29, 1.82) is 0 Å². The molecule has 0 aliphatic heterocycles. The van der Waals surface area contributed by atoms with Crippen LogP contribution in [-0.4, -0.2) is 9.97 Å². The topological polar surface area (TPSA) is 51.0 Å². The van der Waals surface area contributed by atoms with Crippen molar-refractivity contribution in [2.24, 2.45) is 0 Å². The molecule has 3 rings (SSSR count). The lowest BCUT2D eigenvalue weighted by atomic mass is 10.1. The number of hydrogen-bond acceptors (Lipinski definition) is 5. The number of rotatable bonds is 4. The number of anilines is 1. The Balaban J connectivity index is 1.82. The highest BCUT2D eigenvalue weighted by Gasteiger charge is 2.13. The molecule has 5 heteroatoms. The predicted molar refractivity (Wildman–Crippen MR) is 85.6 cm³/mol. The molecule has 1 unspecified atom stereocenters. The van der Waals surface area contributed by atoms with E-state index >= 15 is 0 Å². The third-order valence-electron chi connectivity index (χ3n) is 3.31. The minimum Gasteiger partial charge on any atom is -0.444 e. The van der Waals surface area contributed by atoms with Gasteiger partial charge in [0.1, 0.15) is 0 Å². The molecule has 108 valence electrons. The number of aryl methyl sites for hydroxylation is 2. The summed E-state index contributed by atoms with van der Waals surface area (Å²) in [7, 11) is 0. The number of hydrogen-bond donors (Lipinski definition) is 1. The van der Waals surface area contributed by atoms with Gasteiger partial charge in [0.2, 0.25) is 0 Å². The quantitative estimate of drug-likeness (QED) is 0.765. The zero-order chi connectivity index (χ0) is 14.8. The van der Waals surface area contributed by atoms with Gasteiger partial charge in [-0.25, -0.2) is 9.97 Å². The normalized spacial score (nSPS) is 12.3. The maximum Gasteiger partial charge on any atom is 0.181 e. The van der Waals surface area contributed by atoms with Crippen LogP contribution in [0.1, 0.15) is 28.5 Å². The highest BCUT2D eigenvalue weighted by atomic mass is 32.1. The van der Waals surface area contributed by atoms with Crippen molar-refractivity contribution in [2.45, 2.75) is 26.8 Å². The van der Waals surface area contributed by atoms with Crippen LogP contribution in [0.3, 0.4) is 0 Å². The fourth-order valence-corrected chi connectivity index (χ4v) is 3.30. The van der Waals surface area contributed by atoms with Crippen LogP contribution in [0.15, 0.2) is 41.3 Å². The monoisotopic (exact) mass is 299 g/mol. The van der Waals surface area contributed by atoms with E-state index in [-0.39, 0.29) is 6.04 Å². The molecule has 0 spiro atoms. The summed E-state index contributed by atoms with van der Waals surface area (Å²) in [5.41, 5.74) is 3.17. The molecule has 1 aromatic carbocycles. The van der Waals surface area contributed by atoms with E-state index in [2.05, 4.69) is 35.2 Å². The fraction of sp³-hybridized carbons (Fsp3) is 0.250. The highest BCUT2D eigenvalue weighted by Crippen LogP contribution is 2.27. The smallest absolute Gasteiger partial charge is 0.181 e. The van der Waals surface area contributed by atoms with Gasteiger partial charge < -0.3 is 9.73 Å². The minimum atomic E-state index is 0.167. The van der Waals surface area contributed by atoms with E-state index in [1.165, 1.54) is 11.3 Å². The van der Waals surface area contributed by atoms with Crippen molar-refractivity contribution in [3.63, 3.8) is 0 Å². The Kier molecular flexibility index (Phi) is 3.75. The summed E-state index contributed by atoms with van der Waals surface area (Å²) >= 11 is 1.73. The van der Waals surface area contributed by atoms with Gasteiger partial charge in [-0.05, 0) is 32.9 Å². The number of nitrogens with one attached hydrogen (secondary N) is 1. The van der Waals surface area contributed by atoms with Crippen LogP contribution in [-0.2, 0) is 0 Å². The van der Waals surface area contributed by atoms with Crippen LogP contribution in [0.4, 0.5) is 5.69 Å². The number of thiazole rings is 1. The molecule has 4 nitrogen and oxygen atoms in total. The summed E-state index contributed by atoms with van der Waals surface area (Å²) in [5.74, 6) is 0.770. The number of benzene rings is 1. The predicted octanol–water partition coefficient (Wildman–Crippen LogP) is 4.59. The van der Waals surface area contributed by atoms with Crippen LogP contribution >= 0.6 is 11.3 Å². The van der Waals surface area contributed by atoms with E-state index in [9.17, 15) is 0 Å². The second kappa shape index (κ2) is 5.69. The first kappa shape index (κ1) is 13.8. The van der Waals surface area contributed by atoms with Gasteiger partial charge in [-0.1, -0.05) is 12.1 Å². The molecule has 2 aromatic heterocycles. The van der Waals surface area contributed by atoms with E-state index in [4.69, 9.17) is 4.42 Å². The zero-order valence-corrected chi connectivity index (χ0v) is 13.1. The van der Waals surface area contributed by atoms with Gasteiger partial charge >= 0.3 is 0 Å². The molecule has 3 aromatic rings. The van der Waals surface area contributed by atoms with Crippen molar-refractivity contribution >= 4 is 17.0 Å². The molecule has 0 aliphatic rings. The summed E-state index contributed by atoms with van der Waals surface area (Å²) in [6.07, 6.45) is 3.16. The van der Waals surface area contributed by atoms with Crippen molar-refractivity contribution in [2.75, 3.05) is 5.32 Å². The molecule has 0 radical (unpaired) electrons. The molecule has 0 fully saturated rings. The first-order chi connectivity index (χ1) is 10.1. The average molecular weight is 299 g/mol. The van der Waals surface area contributed by atoms with E-state index in [1.54, 1.807) is 17.5 Å². The number of oxazole rings is 1. The summed E-state index contributed by atoms with van der Waals surface area (Å²) in [6, 6.07) is 8.29. The number of nitrogens with zero attached hydrogens (tertiary/aromatic N) is 2. The molecule has 0 saturated carbocycles. The minimum absolute atomic E-state index is 0.167. The van der Waals surface area contributed by atoms with Crippen LogP contribution in [0.25, 0.3) is 11.3 Å². The molecular formula is C16H17N3OS. The molecule has 0 bridgehead atoms. The highest BCUT2D eigenvalue weighted by molar-refractivity contribution is 7.11. The first-order valence-electron chi connectivity index (χ1n) is 6.83. The second-order valence-corrected chi connectivity index (χ2v) is 6.39. The molecule has 0 aliphatic carbocycles. The Bertz CT molecular complexity index is 734. The van der Waals surface area contributed by atoms with Crippen molar-refractivity contribution in [3.05, 3.63) is 52.4 Å². The van der Waals surface area contributed by atoms with E-state index < -0.39 is 0 Å².